The van der Waals surface area contributed by atoms with Crippen molar-refractivity contribution >= 4 is 46.1 Å². The molecule has 2 nitrogen and oxygen atoms in total. The Hall–Kier alpha value is -2.91. The molecule has 0 aliphatic carbocycles. The van der Waals surface area contributed by atoms with E-state index < -0.39 is 8.07 Å². The SMILES string of the molecule is Cc1ccc2c(oc3ccccc32)c1-c1ccc2ccc([Si](C)(C)C)cc2[n+]1C. The zero-order valence-corrected chi connectivity index (χ0v) is 18.7. The van der Waals surface area contributed by atoms with E-state index in [0.29, 0.717) is 0 Å². The van der Waals surface area contributed by atoms with Gasteiger partial charge in [-0.05, 0) is 30.7 Å². The summed E-state index contributed by atoms with van der Waals surface area (Å²) in [5.41, 5.74) is 6.79. The first-order valence-corrected chi connectivity index (χ1v) is 13.7. The molecule has 3 aromatic carbocycles. The number of furan rings is 1. The summed E-state index contributed by atoms with van der Waals surface area (Å²) in [5.74, 6) is 0. The maximum atomic E-state index is 6.36. The molecule has 0 unspecified atom stereocenters. The Labute approximate surface area is 172 Å². The normalized spacial score (nSPS) is 12.3. The maximum absolute atomic E-state index is 6.36. The lowest BCUT2D eigenvalue weighted by Gasteiger charge is -2.16. The number of nitrogens with zero attached hydrogens (tertiary/aromatic N) is 1. The average Bonchev–Trinajstić information content (AvgIpc) is 3.06. The van der Waals surface area contributed by atoms with Crippen LogP contribution in [0.15, 0.2) is 71.1 Å². The molecule has 0 N–H and O–H groups in total. The van der Waals surface area contributed by atoms with E-state index in [2.05, 4.69) is 98.8 Å². The van der Waals surface area contributed by atoms with E-state index in [1.165, 1.54) is 43.7 Å². The molecular formula is C26H26NOSi+. The Morgan fingerprint density at radius 1 is 0.828 bits per heavy atom. The van der Waals surface area contributed by atoms with Crippen molar-refractivity contribution in [1.29, 1.82) is 0 Å². The Bertz CT molecular complexity index is 1410. The van der Waals surface area contributed by atoms with Crippen molar-refractivity contribution in [2.75, 3.05) is 0 Å². The van der Waals surface area contributed by atoms with Crippen LogP contribution in [0.4, 0.5) is 0 Å². The van der Waals surface area contributed by atoms with Gasteiger partial charge >= 0.3 is 0 Å². The van der Waals surface area contributed by atoms with Crippen LogP contribution in [0.1, 0.15) is 5.56 Å². The van der Waals surface area contributed by atoms with Gasteiger partial charge < -0.3 is 4.42 Å². The largest absolute Gasteiger partial charge is 0.455 e. The van der Waals surface area contributed by atoms with Crippen molar-refractivity contribution in [3.63, 3.8) is 0 Å². The molecule has 0 radical (unpaired) electrons. The number of hydrogen-bond acceptors (Lipinski definition) is 1. The molecule has 2 heterocycles. The molecule has 0 amide bonds. The second-order valence-electron chi connectivity index (χ2n) is 9.03. The molecular weight excluding hydrogens is 370 g/mol. The average molecular weight is 397 g/mol. The van der Waals surface area contributed by atoms with E-state index >= 15 is 0 Å². The van der Waals surface area contributed by atoms with Crippen molar-refractivity contribution in [2.45, 2.75) is 26.6 Å². The fourth-order valence-corrected chi connectivity index (χ4v) is 5.46. The first-order chi connectivity index (χ1) is 13.8. The van der Waals surface area contributed by atoms with Crippen molar-refractivity contribution < 1.29 is 8.98 Å². The topological polar surface area (TPSA) is 17.0 Å². The number of benzene rings is 3. The predicted molar refractivity (Wildman–Crippen MR) is 126 cm³/mol. The molecule has 2 aromatic heterocycles. The maximum Gasteiger partial charge on any atom is 0.216 e. The lowest BCUT2D eigenvalue weighted by atomic mass is 10.00. The van der Waals surface area contributed by atoms with Gasteiger partial charge in [0.25, 0.3) is 0 Å². The molecule has 0 atom stereocenters. The number of para-hydroxylation sites is 1. The number of pyridine rings is 1. The molecule has 29 heavy (non-hydrogen) atoms. The second kappa shape index (κ2) is 6.29. The predicted octanol–water partition coefficient (Wildman–Crippen LogP) is 6.08. The Balaban J connectivity index is 1.84. The molecule has 0 saturated carbocycles. The van der Waals surface area contributed by atoms with E-state index in [-0.39, 0.29) is 0 Å². The van der Waals surface area contributed by atoms with Crippen LogP contribution < -0.4 is 9.75 Å². The quantitative estimate of drug-likeness (QED) is 0.261. The lowest BCUT2D eigenvalue weighted by Crippen LogP contribution is -2.39. The summed E-state index contributed by atoms with van der Waals surface area (Å²) in [6.07, 6.45) is 0. The van der Waals surface area contributed by atoms with E-state index in [0.717, 1.165) is 11.2 Å². The van der Waals surface area contributed by atoms with Gasteiger partial charge in [-0.1, -0.05) is 61.2 Å². The van der Waals surface area contributed by atoms with E-state index in [4.69, 9.17) is 4.42 Å². The van der Waals surface area contributed by atoms with Crippen LogP contribution >= 0.6 is 0 Å². The van der Waals surface area contributed by atoms with Gasteiger partial charge in [-0.15, -0.1) is 0 Å². The number of aromatic nitrogens is 1. The van der Waals surface area contributed by atoms with Crippen LogP contribution in [-0.2, 0) is 7.05 Å². The standard InChI is InChI=1S/C26H26NOSi/c1-17-10-14-21-20-8-6-7-9-24(20)28-26(21)25(17)22-15-12-18-11-13-19(29(3,4)5)16-23(18)27(22)2/h6-16H,1-5H3/q+1. The molecule has 0 saturated heterocycles. The highest BCUT2D eigenvalue weighted by Crippen LogP contribution is 2.37. The fourth-order valence-electron chi connectivity index (χ4n) is 4.31. The summed E-state index contributed by atoms with van der Waals surface area (Å²) in [7, 11) is 0.794. The summed E-state index contributed by atoms with van der Waals surface area (Å²) in [4.78, 5) is 0. The monoisotopic (exact) mass is 396 g/mol. The molecule has 3 heteroatoms. The smallest absolute Gasteiger partial charge is 0.216 e. The Kier molecular flexibility index (Phi) is 3.94. The van der Waals surface area contributed by atoms with Gasteiger partial charge in [-0.3, -0.25) is 0 Å². The third kappa shape index (κ3) is 2.80. The minimum atomic E-state index is -1.38. The van der Waals surface area contributed by atoms with Crippen LogP contribution in [0.25, 0.3) is 44.1 Å². The second-order valence-corrected chi connectivity index (χ2v) is 14.1. The molecule has 5 rings (SSSR count). The van der Waals surface area contributed by atoms with Crippen molar-refractivity contribution in [1.82, 2.24) is 0 Å². The zero-order valence-electron chi connectivity index (χ0n) is 17.7. The van der Waals surface area contributed by atoms with Crippen LogP contribution in [-0.4, -0.2) is 8.07 Å². The van der Waals surface area contributed by atoms with Gasteiger partial charge in [0, 0.05) is 28.3 Å². The Morgan fingerprint density at radius 3 is 2.38 bits per heavy atom. The zero-order chi connectivity index (χ0) is 20.3. The van der Waals surface area contributed by atoms with Gasteiger partial charge in [0.1, 0.15) is 18.2 Å². The number of fused-ring (bicyclic) bond motifs is 4. The van der Waals surface area contributed by atoms with Crippen LogP contribution in [0.2, 0.25) is 19.6 Å². The minimum Gasteiger partial charge on any atom is -0.455 e. The van der Waals surface area contributed by atoms with E-state index in [9.17, 15) is 0 Å². The minimum absolute atomic E-state index is 0.943. The molecule has 0 fully saturated rings. The third-order valence-corrected chi connectivity index (χ3v) is 8.09. The lowest BCUT2D eigenvalue weighted by molar-refractivity contribution is -0.633. The van der Waals surface area contributed by atoms with Crippen molar-refractivity contribution in [3.05, 3.63) is 72.3 Å². The first kappa shape index (κ1) is 18.1. The van der Waals surface area contributed by atoms with Gasteiger partial charge in [-0.25, -0.2) is 0 Å². The molecule has 0 aliphatic rings. The van der Waals surface area contributed by atoms with E-state index in [1.54, 1.807) is 0 Å². The highest BCUT2D eigenvalue weighted by Gasteiger charge is 2.23. The van der Waals surface area contributed by atoms with Crippen LogP contribution in [0.3, 0.4) is 0 Å². The number of rotatable bonds is 2. The summed E-state index contributed by atoms with van der Waals surface area (Å²) >= 11 is 0. The van der Waals surface area contributed by atoms with Crippen LogP contribution in [0.5, 0.6) is 0 Å². The van der Waals surface area contributed by atoms with Gasteiger partial charge in [0.05, 0.1) is 13.6 Å². The van der Waals surface area contributed by atoms with Crippen molar-refractivity contribution in [2.24, 2.45) is 7.05 Å². The molecule has 0 spiro atoms. The molecule has 144 valence electrons. The summed E-state index contributed by atoms with van der Waals surface area (Å²) in [5, 5.41) is 5.11. The molecule has 0 aliphatic heterocycles. The first-order valence-electron chi connectivity index (χ1n) is 10.2. The summed E-state index contributed by atoms with van der Waals surface area (Å²) in [6.45, 7) is 9.37. The summed E-state index contributed by atoms with van der Waals surface area (Å²) in [6, 6.07) is 24.1. The van der Waals surface area contributed by atoms with E-state index in [1.807, 2.05) is 6.07 Å². The van der Waals surface area contributed by atoms with Crippen LogP contribution in [0, 0.1) is 6.92 Å². The Morgan fingerprint density at radius 2 is 1.59 bits per heavy atom. The van der Waals surface area contributed by atoms with Gasteiger partial charge in [-0.2, -0.15) is 4.57 Å². The number of aryl methyl sites for hydroxylation is 2. The molecule has 0 bridgehead atoms. The van der Waals surface area contributed by atoms with Gasteiger partial charge in [0.2, 0.25) is 11.2 Å². The highest BCUT2D eigenvalue weighted by atomic mass is 28.3. The van der Waals surface area contributed by atoms with Gasteiger partial charge in [0.15, 0.2) is 0 Å². The third-order valence-electron chi connectivity index (χ3n) is 6.05. The number of hydrogen-bond donors (Lipinski definition) is 0. The fraction of sp³-hybridized carbons (Fsp3) is 0.192. The molecule has 5 aromatic rings. The summed E-state index contributed by atoms with van der Waals surface area (Å²) < 4.78 is 8.68. The highest BCUT2D eigenvalue weighted by molar-refractivity contribution is 6.88. The van der Waals surface area contributed by atoms with Crippen molar-refractivity contribution in [3.8, 4) is 11.3 Å².